The number of hydrogen-bond acceptors (Lipinski definition) is 6. The first kappa shape index (κ1) is 25.2. The zero-order chi connectivity index (χ0) is 26.3. The molecular formula is C28H28FN7O2. The highest BCUT2D eigenvalue weighted by Gasteiger charge is 2.35. The van der Waals surface area contributed by atoms with E-state index in [1.165, 1.54) is 34.0 Å². The second kappa shape index (κ2) is 11.7. The van der Waals surface area contributed by atoms with E-state index in [1.54, 1.807) is 24.4 Å². The lowest BCUT2D eigenvalue weighted by Gasteiger charge is -2.32. The van der Waals surface area contributed by atoms with Crippen molar-refractivity contribution in [2.45, 2.75) is 50.7 Å². The van der Waals surface area contributed by atoms with Crippen LogP contribution in [0.25, 0.3) is 11.4 Å². The van der Waals surface area contributed by atoms with E-state index in [0.717, 1.165) is 37.7 Å². The number of rotatable bonds is 8. The van der Waals surface area contributed by atoms with Gasteiger partial charge < -0.3 is 5.32 Å². The standard InChI is InChI=1S/C28H28FN7O2/c29-21-14-16-23(17-15-21)36(25(37)19-35-33-27(32-34-35)20-9-3-1-4-10-20)26(24-13-7-8-18-30-24)28(38)31-22-11-5-2-6-12-22/h1,3-4,7-10,13-18,22,26H,2,5-6,11-12,19H2,(H,31,38)/t26-/m0/s1. The lowest BCUT2D eigenvalue weighted by atomic mass is 9.95. The minimum Gasteiger partial charge on any atom is -0.351 e. The van der Waals surface area contributed by atoms with E-state index in [4.69, 9.17) is 0 Å². The van der Waals surface area contributed by atoms with Gasteiger partial charge in [-0.05, 0) is 54.5 Å². The third kappa shape index (κ3) is 5.91. The molecule has 1 atom stereocenters. The number of tetrazole rings is 1. The second-order valence-electron chi connectivity index (χ2n) is 9.25. The molecule has 4 aromatic rings. The Morgan fingerprint density at radius 1 is 0.974 bits per heavy atom. The lowest BCUT2D eigenvalue weighted by molar-refractivity contribution is -0.127. The number of pyridine rings is 1. The van der Waals surface area contributed by atoms with E-state index >= 15 is 0 Å². The SMILES string of the molecule is O=C(NC1CCCCC1)[C@H](c1ccccn1)N(C(=O)Cn1nnc(-c2ccccc2)n1)c1ccc(F)cc1. The molecule has 38 heavy (non-hydrogen) atoms. The molecule has 0 radical (unpaired) electrons. The van der Waals surface area contributed by atoms with Crippen molar-refractivity contribution in [1.82, 2.24) is 30.5 Å². The van der Waals surface area contributed by atoms with Crippen LogP contribution in [0.3, 0.4) is 0 Å². The molecular weight excluding hydrogens is 485 g/mol. The molecule has 1 aliphatic carbocycles. The van der Waals surface area contributed by atoms with E-state index in [-0.39, 0.29) is 18.5 Å². The quantitative estimate of drug-likeness (QED) is 0.380. The highest BCUT2D eigenvalue weighted by atomic mass is 19.1. The minimum atomic E-state index is -1.08. The molecule has 0 bridgehead atoms. The molecule has 2 aromatic carbocycles. The molecule has 9 nitrogen and oxygen atoms in total. The number of nitrogens with one attached hydrogen (secondary N) is 1. The maximum absolute atomic E-state index is 13.9. The summed E-state index contributed by atoms with van der Waals surface area (Å²) in [6, 6.07) is 18.9. The number of halogens is 1. The summed E-state index contributed by atoms with van der Waals surface area (Å²) in [6.45, 7) is -0.281. The van der Waals surface area contributed by atoms with Gasteiger partial charge in [-0.3, -0.25) is 19.5 Å². The number of anilines is 1. The van der Waals surface area contributed by atoms with Gasteiger partial charge in [0.25, 0.3) is 5.91 Å². The van der Waals surface area contributed by atoms with E-state index in [2.05, 4.69) is 25.7 Å². The third-order valence-corrected chi connectivity index (χ3v) is 6.56. The summed E-state index contributed by atoms with van der Waals surface area (Å²) >= 11 is 0. The van der Waals surface area contributed by atoms with Gasteiger partial charge in [0.2, 0.25) is 11.7 Å². The number of carbonyl (C=O) groups excluding carboxylic acids is 2. The molecule has 1 N–H and O–H groups in total. The molecule has 194 valence electrons. The van der Waals surface area contributed by atoms with Gasteiger partial charge in [0.15, 0.2) is 6.04 Å². The van der Waals surface area contributed by atoms with Crippen LogP contribution in [0.5, 0.6) is 0 Å². The van der Waals surface area contributed by atoms with E-state index in [9.17, 15) is 14.0 Å². The molecule has 0 spiro atoms. The summed E-state index contributed by atoms with van der Waals surface area (Å²) in [5.74, 6) is -0.886. The molecule has 1 saturated carbocycles. The van der Waals surface area contributed by atoms with Crippen molar-refractivity contribution in [3.63, 3.8) is 0 Å². The van der Waals surface area contributed by atoms with Gasteiger partial charge in [-0.2, -0.15) is 4.80 Å². The van der Waals surface area contributed by atoms with Crippen LogP contribution in [0, 0.1) is 5.82 Å². The Hall–Kier alpha value is -4.47. The zero-order valence-electron chi connectivity index (χ0n) is 20.8. The fourth-order valence-electron chi connectivity index (χ4n) is 4.70. The zero-order valence-corrected chi connectivity index (χ0v) is 20.8. The number of amides is 2. The van der Waals surface area contributed by atoms with E-state index in [1.807, 2.05) is 30.3 Å². The number of carbonyl (C=O) groups is 2. The molecule has 10 heteroatoms. The van der Waals surface area contributed by atoms with Crippen molar-refractivity contribution in [3.8, 4) is 11.4 Å². The minimum absolute atomic E-state index is 0.0260. The molecule has 1 aliphatic rings. The Morgan fingerprint density at radius 3 is 2.42 bits per heavy atom. The van der Waals surface area contributed by atoms with E-state index in [0.29, 0.717) is 17.2 Å². The molecule has 1 fully saturated rings. The molecule has 0 aliphatic heterocycles. The lowest BCUT2D eigenvalue weighted by Crippen LogP contribution is -2.48. The third-order valence-electron chi connectivity index (χ3n) is 6.56. The van der Waals surface area contributed by atoms with Gasteiger partial charge in [0.1, 0.15) is 12.4 Å². The van der Waals surface area contributed by atoms with Gasteiger partial charge in [-0.15, -0.1) is 10.2 Å². The summed E-state index contributed by atoms with van der Waals surface area (Å²) in [5, 5.41) is 15.6. The van der Waals surface area contributed by atoms with Gasteiger partial charge in [-0.25, -0.2) is 4.39 Å². The van der Waals surface area contributed by atoms with Crippen molar-refractivity contribution in [3.05, 3.63) is 90.5 Å². The Balaban J connectivity index is 1.48. The average molecular weight is 514 g/mol. The Morgan fingerprint density at radius 2 is 1.71 bits per heavy atom. The van der Waals surface area contributed by atoms with Crippen molar-refractivity contribution in [1.29, 1.82) is 0 Å². The second-order valence-corrected chi connectivity index (χ2v) is 9.25. The van der Waals surface area contributed by atoms with Crippen LogP contribution in [0.2, 0.25) is 0 Å². The number of nitrogens with zero attached hydrogens (tertiary/aromatic N) is 6. The first-order valence-corrected chi connectivity index (χ1v) is 12.7. The predicted molar refractivity (Wildman–Crippen MR) is 139 cm³/mol. The first-order chi connectivity index (χ1) is 18.6. The first-order valence-electron chi connectivity index (χ1n) is 12.7. The highest BCUT2D eigenvalue weighted by Crippen LogP contribution is 2.29. The maximum Gasteiger partial charge on any atom is 0.251 e. The van der Waals surface area contributed by atoms with Crippen molar-refractivity contribution >= 4 is 17.5 Å². The van der Waals surface area contributed by atoms with E-state index < -0.39 is 17.8 Å². The normalized spacial score (nSPS) is 14.6. The fraction of sp³-hybridized carbons (Fsp3) is 0.286. The maximum atomic E-state index is 13.9. The predicted octanol–water partition coefficient (Wildman–Crippen LogP) is 4.10. The smallest absolute Gasteiger partial charge is 0.251 e. The van der Waals surface area contributed by atoms with Crippen LogP contribution in [0.15, 0.2) is 79.0 Å². The van der Waals surface area contributed by atoms with Crippen molar-refractivity contribution in [2.75, 3.05) is 4.90 Å². The number of benzene rings is 2. The summed E-state index contributed by atoms with van der Waals surface area (Å²) in [5.41, 5.74) is 1.52. The largest absolute Gasteiger partial charge is 0.351 e. The summed E-state index contributed by atoms with van der Waals surface area (Å²) in [4.78, 5) is 34.6. The van der Waals surface area contributed by atoms with Crippen LogP contribution in [-0.4, -0.2) is 43.0 Å². The number of aromatic nitrogens is 5. The van der Waals surface area contributed by atoms with Crippen LogP contribution in [0.4, 0.5) is 10.1 Å². The summed E-state index contributed by atoms with van der Waals surface area (Å²) in [7, 11) is 0. The van der Waals surface area contributed by atoms with Gasteiger partial charge >= 0.3 is 0 Å². The average Bonchev–Trinajstić information content (AvgIpc) is 3.42. The van der Waals surface area contributed by atoms with Crippen LogP contribution in [0.1, 0.15) is 43.8 Å². The van der Waals surface area contributed by atoms with Crippen molar-refractivity contribution < 1.29 is 14.0 Å². The monoisotopic (exact) mass is 513 g/mol. The van der Waals surface area contributed by atoms with Gasteiger partial charge in [0, 0.05) is 23.5 Å². The molecule has 2 amide bonds. The molecule has 5 rings (SSSR count). The summed E-state index contributed by atoms with van der Waals surface area (Å²) < 4.78 is 13.8. The van der Waals surface area contributed by atoms with Gasteiger partial charge in [0.05, 0.1) is 5.69 Å². The number of hydrogen-bond donors (Lipinski definition) is 1. The Labute approximate surface area is 219 Å². The Kier molecular flexibility index (Phi) is 7.77. The van der Waals surface area contributed by atoms with Crippen LogP contribution in [-0.2, 0) is 16.1 Å². The molecule has 2 aromatic heterocycles. The highest BCUT2D eigenvalue weighted by molar-refractivity contribution is 6.01. The van der Waals surface area contributed by atoms with Crippen LogP contribution < -0.4 is 10.2 Å². The van der Waals surface area contributed by atoms with Crippen LogP contribution >= 0.6 is 0 Å². The van der Waals surface area contributed by atoms with Crippen molar-refractivity contribution in [2.24, 2.45) is 0 Å². The topological polar surface area (TPSA) is 106 Å². The fourth-order valence-corrected chi connectivity index (χ4v) is 4.70. The van der Waals surface area contributed by atoms with Gasteiger partial charge in [-0.1, -0.05) is 55.7 Å². The Bertz CT molecular complexity index is 1360. The molecule has 2 heterocycles. The molecule has 0 unspecified atom stereocenters. The summed E-state index contributed by atoms with van der Waals surface area (Å²) in [6.07, 6.45) is 6.58. The molecule has 0 saturated heterocycles.